The summed E-state index contributed by atoms with van der Waals surface area (Å²) in [6.07, 6.45) is 3.31. The average Bonchev–Trinajstić information content (AvgIpc) is 2.34. The van der Waals surface area contributed by atoms with E-state index in [0.717, 1.165) is 24.8 Å². The summed E-state index contributed by atoms with van der Waals surface area (Å²) in [6, 6.07) is 5.62. The lowest BCUT2D eigenvalue weighted by Gasteiger charge is -2.11. The van der Waals surface area contributed by atoms with E-state index in [4.69, 9.17) is 15.7 Å². The molecule has 3 N–H and O–H groups in total. The molecule has 0 aliphatic carbocycles. The number of benzene rings is 1. The molecule has 0 unspecified atom stereocenters. The Morgan fingerprint density at radius 2 is 2.18 bits per heavy atom. The molecule has 0 saturated heterocycles. The van der Waals surface area contributed by atoms with Gasteiger partial charge in [0.2, 0.25) is 0 Å². The fraction of sp³-hybridized carbons (Fsp3) is 0.462. The smallest absolute Gasteiger partial charge is 0.173 e. The molecule has 0 aromatic heterocycles. The third kappa shape index (κ3) is 3.98. The minimum Gasteiger partial charge on any atom is -0.493 e. The van der Waals surface area contributed by atoms with Gasteiger partial charge in [-0.25, -0.2) is 0 Å². The number of amidine groups is 1. The Kier molecular flexibility index (Phi) is 5.33. The van der Waals surface area contributed by atoms with Gasteiger partial charge in [0.05, 0.1) is 12.2 Å². The Hall–Kier alpha value is -1.71. The van der Waals surface area contributed by atoms with E-state index < -0.39 is 0 Å². The second-order valence-corrected chi connectivity index (χ2v) is 4.04. The molecule has 0 fully saturated rings. The van der Waals surface area contributed by atoms with Crippen LogP contribution in [0.4, 0.5) is 0 Å². The van der Waals surface area contributed by atoms with Crippen LogP contribution < -0.4 is 10.5 Å². The molecule has 0 bridgehead atoms. The predicted molar refractivity (Wildman–Crippen MR) is 68.7 cm³/mol. The summed E-state index contributed by atoms with van der Waals surface area (Å²) >= 11 is 0. The average molecular weight is 236 g/mol. The van der Waals surface area contributed by atoms with Crippen molar-refractivity contribution in [1.82, 2.24) is 0 Å². The summed E-state index contributed by atoms with van der Waals surface area (Å²) in [6.45, 7) is 4.78. The SMILES string of the molecule is CCCCCOc1cc(C)ccc1/C(N)=N/O. The highest BCUT2D eigenvalue weighted by atomic mass is 16.5. The van der Waals surface area contributed by atoms with E-state index >= 15 is 0 Å². The van der Waals surface area contributed by atoms with Gasteiger partial charge in [-0.3, -0.25) is 0 Å². The van der Waals surface area contributed by atoms with Gasteiger partial charge in [-0.05, 0) is 31.0 Å². The molecule has 0 heterocycles. The summed E-state index contributed by atoms with van der Waals surface area (Å²) < 4.78 is 5.67. The zero-order valence-electron chi connectivity index (χ0n) is 10.4. The third-order valence-electron chi connectivity index (χ3n) is 2.53. The summed E-state index contributed by atoms with van der Waals surface area (Å²) in [5, 5.41) is 11.7. The lowest BCUT2D eigenvalue weighted by atomic mass is 10.1. The summed E-state index contributed by atoms with van der Waals surface area (Å²) in [7, 11) is 0. The Balaban J connectivity index is 2.77. The van der Waals surface area contributed by atoms with Crippen molar-refractivity contribution in [1.29, 1.82) is 0 Å². The molecule has 0 radical (unpaired) electrons. The van der Waals surface area contributed by atoms with Crippen molar-refractivity contribution in [3.8, 4) is 5.75 Å². The maximum atomic E-state index is 8.70. The van der Waals surface area contributed by atoms with E-state index in [1.165, 1.54) is 0 Å². The number of unbranched alkanes of at least 4 members (excludes halogenated alkanes) is 2. The number of nitrogens with two attached hydrogens (primary N) is 1. The molecule has 94 valence electrons. The number of nitrogens with zero attached hydrogens (tertiary/aromatic N) is 1. The molecule has 0 amide bonds. The molecular formula is C13H20N2O2. The first-order valence-corrected chi connectivity index (χ1v) is 5.90. The molecule has 0 spiro atoms. The van der Waals surface area contributed by atoms with Crippen molar-refractivity contribution < 1.29 is 9.94 Å². The van der Waals surface area contributed by atoms with Crippen LogP contribution in [-0.2, 0) is 0 Å². The van der Waals surface area contributed by atoms with E-state index in [0.29, 0.717) is 17.9 Å². The van der Waals surface area contributed by atoms with Crippen LogP contribution in [0.2, 0.25) is 0 Å². The van der Waals surface area contributed by atoms with Crippen LogP contribution in [0.3, 0.4) is 0 Å². The number of hydrogen-bond acceptors (Lipinski definition) is 3. The van der Waals surface area contributed by atoms with Crippen molar-refractivity contribution >= 4 is 5.84 Å². The van der Waals surface area contributed by atoms with Crippen molar-refractivity contribution in [2.24, 2.45) is 10.9 Å². The molecule has 4 heteroatoms. The maximum Gasteiger partial charge on any atom is 0.173 e. The Bertz CT molecular complexity index is 389. The Morgan fingerprint density at radius 1 is 1.41 bits per heavy atom. The zero-order valence-corrected chi connectivity index (χ0v) is 10.4. The number of rotatable bonds is 6. The maximum absolute atomic E-state index is 8.70. The van der Waals surface area contributed by atoms with Gasteiger partial charge in [-0.2, -0.15) is 0 Å². The second kappa shape index (κ2) is 6.78. The fourth-order valence-corrected chi connectivity index (χ4v) is 1.55. The predicted octanol–water partition coefficient (Wildman–Crippen LogP) is 2.66. The molecule has 0 saturated carbocycles. The lowest BCUT2D eigenvalue weighted by molar-refractivity contribution is 0.303. The molecule has 1 aromatic rings. The molecule has 4 nitrogen and oxygen atoms in total. The molecule has 1 aromatic carbocycles. The van der Waals surface area contributed by atoms with Crippen LogP contribution in [-0.4, -0.2) is 17.6 Å². The monoisotopic (exact) mass is 236 g/mol. The van der Waals surface area contributed by atoms with Crippen molar-refractivity contribution in [3.05, 3.63) is 29.3 Å². The van der Waals surface area contributed by atoms with Crippen LogP contribution >= 0.6 is 0 Å². The number of oxime groups is 1. The first-order valence-electron chi connectivity index (χ1n) is 5.90. The number of aryl methyl sites for hydroxylation is 1. The topological polar surface area (TPSA) is 67.8 Å². The highest BCUT2D eigenvalue weighted by molar-refractivity contribution is 5.99. The molecule has 1 rings (SSSR count). The normalized spacial score (nSPS) is 11.5. The van der Waals surface area contributed by atoms with Gasteiger partial charge in [0.25, 0.3) is 0 Å². The Labute approximate surface area is 102 Å². The largest absolute Gasteiger partial charge is 0.493 e. The van der Waals surface area contributed by atoms with E-state index in [9.17, 15) is 0 Å². The molecule has 17 heavy (non-hydrogen) atoms. The minimum atomic E-state index is 0.0792. The van der Waals surface area contributed by atoms with Crippen molar-refractivity contribution in [3.63, 3.8) is 0 Å². The zero-order chi connectivity index (χ0) is 12.7. The van der Waals surface area contributed by atoms with Crippen LogP contribution in [0.1, 0.15) is 37.3 Å². The fourth-order valence-electron chi connectivity index (χ4n) is 1.55. The molecule has 0 atom stereocenters. The van der Waals surface area contributed by atoms with Gasteiger partial charge in [0.15, 0.2) is 5.84 Å². The molecule has 0 aliphatic rings. The van der Waals surface area contributed by atoms with Crippen LogP contribution in [0.5, 0.6) is 5.75 Å². The first-order chi connectivity index (χ1) is 8.19. The van der Waals surface area contributed by atoms with Gasteiger partial charge in [-0.1, -0.05) is 31.0 Å². The summed E-state index contributed by atoms with van der Waals surface area (Å²) in [4.78, 5) is 0. The Morgan fingerprint density at radius 3 is 2.82 bits per heavy atom. The van der Waals surface area contributed by atoms with Crippen LogP contribution in [0.15, 0.2) is 23.4 Å². The minimum absolute atomic E-state index is 0.0792. The summed E-state index contributed by atoms with van der Waals surface area (Å²) in [5.41, 5.74) is 7.32. The van der Waals surface area contributed by atoms with Crippen LogP contribution in [0, 0.1) is 6.92 Å². The van der Waals surface area contributed by atoms with E-state index in [-0.39, 0.29) is 5.84 Å². The van der Waals surface area contributed by atoms with E-state index in [1.807, 2.05) is 19.1 Å². The van der Waals surface area contributed by atoms with Gasteiger partial charge >= 0.3 is 0 Å². The lowest BCUT2D eigenvalue weighted by Crippen LogP contribution is -2.15. The third-order valence-corrected chi connectivity index (χ3v) is 2.53. The standard InChI is InChI=1S/C13H20N2O2/c1-3-4-5-8-17-12-9-10(2)6-7-11(12)13(14)15-16/h6-7,9,16H,3-5,8H2,1-2H3,(H2,14,15). The summed E-state index contributed by atoms with van der Waals surface area (Å²) in [5.74, 6) is 0.756. The molecular weight excluding hydrogens is 216 g/mol. The van der Waals surface area contributed by atoms with E-state index in [2.05, 4.69) is 12.1 Å². The number of hydrogen-bond donors (Lipinski definition) is 2. The second-order valence-electron chi connectivity index (χ2n) is 4.04. The van der Waals surface area contributed by atoms with Crippen molar-refractivity contribution in [2.45, 2.75) is 33.1 Å². The molecule has 0 aliphatic heterocycles. The highest BCUT2D eigenvalue weighted by Gasteiger charge is 2.08. The van der Waals surface area contributed by atoms with E-state index in [1.54, 1.807) is 6.07 Å². The highest BCUT2D eigenvalue weighted by Crippen LogP contribution is 2.20. The van der Waals surface area contributed by atoms with Gasteiger partial charge in [0, 0.05) is 0 Å². The van der Waals surface area contributed by atoms with Gasteiger partial charge < -0.3 is 15.7 Å². The van der Waals surface area contributed by atoms with Crippen LogP contribution in [0.25, 0.3) is 0 Å². The first kappa shape index (κ1) is 13.4. The van der Waals surface area contributed by atoms with Gasteiger partial charge in [-0.15, -0.1) is 0 Å². The van der Waals surface area contributed by atoms with Crippen molar-refractivity contribution in [2.75, 3.05) is 6.61 Å². The quantitative estimate of drug-likeness (QED) is 0.262. The van der Waals surface area contributed by atoms with Gasteiger partial charge in [0.1, 0.15) is 5.75 Å². The number of ether oxygens (including phenoxy) is 1.